The van der Waals surface area contributed by atoms with Crippen LogP contribution in [0.15, 0.2) is 72.9 Å². The summed E-state index contributed by atoms with van der Waals surface area (Å²) in [6.07, 6.45) is 28.5. The molecule has 0 aromatic carbocycles. The molecule has 0 fully saturated rings. The van der Waals surface area contributed by atoms with Crippen LogP contribution in [0.2, 0.25) is 0 Å². The quantitative estimate of drug-likeness (QED) is 0.322. The van der Waals surface area contributed by atoms with E-state index >= 15 is 0 Å². The average Bonchev–Trinajstić information content (AvgIpc) is 2.58. The lowest BCUT2D eigenvalue weighted by atomic mass is 10.2. The Hall–Kier alpha value is -2.13. The van der Waals surface area contributed by atoms with Crippen LogP contribution in [0.3, 0.4) is 0 Å². The van der Waals surface area contributed by atoms with Gasteiger partial charge in [-0.05, 0) is 38.5 Å². The van der Waals surface area contributed by atoms with Gasteiger partial charge in [-0.25, -0.2) is 0 Å². The zero-order chi connectivity index (χ0) is 18.6. The second-order valence-electron chi connectivity index (χ2n) is 5.55. The summed E-state index contributed by atoms with van der Waals surface area (Å²) in [6, 6.07) is 0. The third-order valence-electron chi connectivity index (χ3n) is 3.20. The summed E-state index contributed by atoms with van der Waals surface area (Å²) in [5.41, 5.74) is 0. The van der Waals surface area contributed by atoms with Gasteiger partial charge < -0.3 is 10.2 Å². The molecule has 1 unspecified atom stereocenters. The van der Waals surface area contributed by atoms with E-state index in [2.05, 4.69) is 37.3 Å². The molecule has 0 amide bonds. The first kappa shape index (κ1) is 22.9. The number of carbonyl (C=O) groups is 1. The van der Waals surface area contributed by atoms with Crippen LogP contribution < -0.4 is 0 Å². The van der Waals surface area contributed by atoms with E-state index in [4.69, 9.17) is 5.11 Å². The Bertz CT molecular complexity index is 493. The Balaban J connectivity index is 3.73. The van der Waals surface area contributed by atoms with Crippen LogP contribution in [0.4, 0.5) is 0 Å². The highest BCUT2D eigenvalue weighted by molar-refractivity contribution is 5.66. The SMILES string of the molecule is CC/C=C\C/C=C\C/C=C\C=C\C(O)C/C=C\C/C=C\CCC(=O)O. The number of aliphatic hydroxyl groups excluding tert-OH is 1. The third-order valence-corrected chi connectivity index (χ3v) is 3.20. The van der Waals surface area contributed by atoms with Gasteiger partial charge in [-0.15, -0.1) is 0 Å². The largest absolute Gasteiger partial charge is 0.481 e. The van der Waals surface area contributed by atoms with E-state index in [0.29, 0.717) is 12.8 Å². The Kier molecular flexibility index (Phi) is 16.7. The molecule has 0 aliphatic rings. The molecule has 0 saturated carbocycles. The molecule has 0 aromatic rings. The van der Waals surface area contributed by atoms with Crippen molar-refractivity contribution in [1.29, 1.82) is 0 Å². The summed E-state index contributed by atoms with van der Waals surface area (Å²) < 4.78 is 0. The van der Waals surface area contributed by atoms with Crippen LogP contribution in [0.1, 0.15) is 51.9 Å². The molecular weight excluding hydrogens is 312 g/mol. The van der Waals surface area contributed by atoms with Crippen LogP contribution in [-0.4, -0.2) is 22.3 Å². The molecule has 0 saturated heterocycles. The first-order valence-corrected chi connectivity index (χ1v) is 9.00. The number of aliphatic hydroxyl groups is 1. The van der Waals surface area contributed by atoms with Crippen LogP contribution in [0.25, 0.3) is 0 Å². The van der Waals surface area contributed by atoms with Gasteiger partial charge in [0, 0.05) is 6.42 Å². The third kappa shape index (κ3) is 19.8. The first-order valence-electron chi connectivity index (χ1n) is 9.00. The zero-order valence-electron chi connectivity index (χ0n) is 15.3. The van der Waals surface area contributed by atoms with Crippen LogP contribution in [0.5, 0.6) is 0 Å². The van der Waals surface area contributed by atoms with Crippen LogP contribution in [0, 0.1) is 0 Å². The molecule has 0 spiro atoms. The van der Waals surface area contributed by atoms with E-state index in [1.165, 1.54) is 0 Å². The molecule has 0 heterocycles. The molecule has 0 aromatic heterocycles. The molecule has 0 aliphatic heterocycles. The number of hydrogen-bond acceptors (Lipinski definition) is 2. The second-order valence-corrected chi connectivity index (χ2v) is 5.55. The minimum Gasteiger partial charge on any atom is -0.481 e. The van der Waals surface area contributed by atoms with Crippen molar-refractivity contribution in [3.63, 3.8) is 0 Å². The summed E-state index contributed by atoms with van der Waals surface area (Å²) in [5.74, 6) is -0.774. The number of allylic oxidation sites excluding steroid dienone is 10. The van der Waals surface area contributed by atoms with Crippen molar-refractivity contribution in [1.82, 2.24) is 0 Å². The topological polar surface area (TPSA) is 57.5 Å². The van der Waals surface area contributed by atoms with Crippen LogP contribution in [-0.2, 0) is 4.79 Å². The molecule has 0 bridgehead atoms. The maximum absolute atomic E-state index is 10.3. The van der Waals surface area contributed by atoms with E-state index in [1.54, 1.807) is 6.08 Å². The van der Waals surface area contributed by atoms with E-state index in [-0.39, 0.29) is 6.42 Å². The molecule has 1 atom stereocenters. The van der Waals surface area contributed by atoms with E-state index in [0.717, 1.165) is 25.7 Å². The fraction of sp³-hybridized carbons (Fsp3) is 0.409. The lowest BCUT2D eigenvalue weighted by molar-refractivity contribution is -0.136. The predicted octanol–water partition coefficient (Wildman–Crippen LogP) is 5.52. The van der Waals surface area contributed by atoms with Gasteiger partial charge in [-0.2, -0.15) is 0 Å². The van der Waals surface area contributed by atoms with Crippen molar-refractivity contribution in [2.75, 3.05) is 0 Å². The Morgan fingerprint density at radius 1 is 0.840 bits per heavy atom. The smallest absolute Gasteiger partial charge is 0.303 e. The summed E-state index contributed by atoms with van der Waals surface area (Å²) in [5, 5.41) is 18.3. The minimum absolute atomic E-state index is 0.170. The highest BCUT2D eigenvalue weighted by Gasteiger charge is 1.93. The molecule has 0 aliphatic carbocycles. The summed E-state index contributed by atoms with van der Waals surface area (Å²) >= 11 is 0. The number of rotatable bonds is 14. The van der Waals surface area contributed by atoms with Gasteiger partial charge in [0.05, 0.1) is 6.10 Å². The van der Waals surface area contributed by atoms with Crippen molar-refractivity contribution in [2.45, 2.75) is 58.0 Å². The number of carboxylic acid groups (broad SMARTS) is 1. The summed E-state index contributed by atoms with van der Waals surface area (Å²) in [7, 11) is 0. The molecule has 25 heavy (non-hydrogen) atoms. The van der Waals surface area contributed by atoms with E-state index in [1.807, 2.05) is 36.5 Å². The fourth-order valence-corrected chi connectivity index (χ4v) is 1.87. The number of carboxylic acids is 1. The second kappa shape index (κ2) is 18.2. The highest BCUT2D eigenvalue weighted by Crippen LogP contribution is 1.99. The Morgan fingerprint density at radius 2 is 1.44 bits per heavy atom. The van der Waals surface area contributed by atoms with Crippen molar-refractivity contribution in [3.8, 4) is 0 Å². The molecule has 2 N–H and O–H groups in total. The van der Waals surface area contributed by atoms with Gasteiger partial charge in [0.2, 0.25) is 0 Å². The van der Waals surface area contributed by atoms with Gasteiger partial charge in [-0.3, -0.25) is 4.79 Å². The molecular formula is C22H32O3. The van der Waals surface area contributed by atoms with Crippen molar-refractivity contribution in [2.24, 2.45) is 0 Å². The first-order chi connectivity index (χ1) is 12.2. The fourth-order valence-electron chi connectivity index (χ4n) is 1.87. The lowest BCUT2D eigenvalue weighted by Gasteiger charge is -1.98. The summed E-state index contributed by atoms with van der Waals surface area (Å²) in [4.78, 5) is 10.3. The van der Waals surface area contributed by atoms with Gasteiger partial charge in [-0.1, -0.05) is 79.8 Å². The Morgan fingerprint density at radius 3 is 2.12 bits per heavy atom. The zero-order valence-corrected chi connectivity index (χ0v) is 15.3. The Labute approximate surface area is 152 Å². The van der Waals surface area contributed by atoms with E-state index < -0.39 is 12.1 Å². The predicted molar refractivity (Wildman–Crippen MR) is 106 cm³/mol. The normalized spacial score (nSPS) is 14.3. The monoisotopic (exact) mass is 344 g/mol. The molecule has 0 rings (SSSR count). The summed E-state index contributed by atoms with van der Waals surface area (Å²) in [6.45, 7) is 2.13. The molecule has 3 heteroatoms. The maximum Gasteiger partial charge on any atom is 0.303 e. The van der Waals surface area contributed by atoms with Crippen molar-refractivity contribution < 1.29 is 15.0 Å². The van der Waals surface area contributed by atoms with Crippen molar-refractivity contribution in [3.05, 3.63) is 72.9 Å². The maximum atomic E-state index is 10.3. The number of aliphatic carboxylic acids is 1. The minimum atomic E-state index is -0.774. The molecule has 3 nitrogen and oxygen atoms in total. The van der Waals surface area contributed by atoms with Crippen LogP contribution >= 0.6 is 0 Å². The van der Waals surface area contributed by atoms with Crippen molar-refractivity contribution >= 4 is 5.97 Å². The van der Waals surface area contributed by atoms with Gasteiger partial charge in [0.25, 0.3) is 0 Å². The molecule has 0 radical (unpaired) electrons. The van der Waals surface area contributed by atoms with Gasteiger partial charge in [0.1, 0.15) is 0 Å². The number of hydrogen-bond donors (Lipinski definition) is 2. The van der Waals surface area contributed by atoms with Gasteiger partial charge in [0.15, 0.2) is 0 Å². The van der Waals surface area contributed by atoms with E-state index in [9.17, 15) is 9.90 Å². The standard InChI is InChI=1S/C22H32O3/c1-2-3-4-5-6-7-8-9-12-15-18-21(23)19-16-13-10-11-14-17-20-22(24)25/h3-4,6-7,9,11-16,18,21,23H,2,5,8,10,17,19-20H2,1H3,(H,24,25)/b4-3-,7-6-,12-9-,14-11-,16-13-,18-15+. The molecule has 138 valence electrons. The average molecular weight is 344 g/mol. The lowest BCUT2D eigenvalue weighted by Crippen LogP contribution is -1.98. The highest BCUT2D eigenvalue weighted by atomic mass is 16.4. The van der Waals surface area contributed by atoms with Gasteiger partial charge >= 0.3 is 5.97 Å².